The molecular formula is C23H32N6O. The Labute approximate surface area is 177 Å². The largest absolute Gasteiger partial charge is 0.322 e. The van der Waals surface area contributed by atoms with E-state index in [1.54, 1.807) is 0 Å². The standard InChI is InChI=1S/C23H32N6O/c1-14-8-7-9-28(13-14)20(21-25-26-27-29(21)23(4,5)6)18-12-17-10-15(2)16(3)11-19(17)24-22(18)30/h10-12,14,20H,7-9,13H2,1-6H3,(H,24,30)/t14-,20-/m1/s1. The van der Waals surface area contributed by atoms with Crippen molar-refractivity contribution in [2.45, 2.75) is 66.0 Å². The second-order valence-corrected chi connectivity index (χ2v) is 9.84. The van der Waals surface area contributed by atoms with Gasteiger partial charge in [0.25, 0.3) is 5.56 Å². The molecule has 7 heteroatoms. The van der Waals surface area contributed by atoms with Crippen molar-refractivity contribution in [3.8, 4) is 0 Å². The van der Waals surface area contributed by atoms with Crippen LogP contribution in [0.3, 0.4) is 0 Å². The number of piperidine rings is 1. The molecule has 1 saturated heterocycles. The first kappa shape index (κ1) is 20.7. The molecular weight excluding hydrogens is 376 g/mol. The molecule has 0 bridgehead atoms. The van der Waals surface area contributed by atoms with E-state index < -0.39 is 0 Å². The lowest BCUT2D eigenvalue weighted by Crippen LogP contribution is -2.42. The van der Waals surface area contributed by atoms with Crippen LogP contribution >= 0.6 is 0 Å². The number of hydrogen-bond donors (Lipinski definition) is 1. The first-order valence-electron chi connectivity index (χ1n) is 10.8. The summed E-state index contributed by atoms with van der Waals surface area (Å²) in [7, 11) is 0. The Hall–Kier alpha value is -2.54. The fraction of sp³-hybridized carbons (Fsp3) is 0.565. The molecule has 1 fully saturated rings. The molecule has 0 unspecified atom stereocenters. The van der Waals surface area contributed by atoms with Crippen LogP contribution in [-0.4, -0.2) is 43.2 Å². The number of aromatic amines is 1. The molecule has 4 rings (SSSR count). The highest BCUT2D eigenvalue weighted by atomic mass is 16.1. The zero-order valence-electron chi connectivity index (χ0n) is 18.9. The van der Waals surface area contributed by atoms with E-state index in [-0.39, 0.29) is 17.1 Å². The fourth-order valence-corrected chi connectivity index (χ4v) is 4.50. The van der Waals surface area contributed by atoms with E-state index in [0.29, 0.717) is 11.5 Å². The van der Waals surface area contributed by atoms with Gasteiger partial charge in [0.15, 0.2) is 5.82 Å². The van der Waals surface area contributed by atoms with Gasteiger partial charge in [-0.2, -0.15) is 0 Å². The summed E-state index contributed by atoms with van der Waals surface area (Å²) in [6.07, 6.45) is 2.32. The summed E-state index contributed by atoms with van der Waals surface area (Å²) in [5.41, 5.74) is 3.60. The van der Waals surface area contributed by atoms with Crippen molar-refractivity contribution in [1.82, 2.24) is 30.1 Å². The minimum atomic E-state index is -0.282. The molecule has 0 amide bonds. The van der Waals surface area contributed by atoms with Gasteiger partial charge in [-0.05, 0) is 105 Å². The normalized spacial score (nSPS) is 19.3. The number of tetrazole rings is 1. The van der Waals surface area contributed by atoms with Crippen molar-refractivity contribution < 1.29 is 0 Å². The lowest BCUT2D eigenvalue weighted by atomic mass is 9.95. The Balaban J connectivity index is 1.92. The summed E-state index contributed by atoms with van der Waals surface area (Å²) in [6, 6.07) is 5.95. The van der Waals surface area contributed by atoms with Crippen LogP contribution in [0.25, 0.3) is 10.9 Å². The Bertz CT molecular complexity index is 1120. The predicted molar refractivity (Wildman–Crippen MR) is 119 cm³/mol. The van der Waals surface area contributed by atoms with E-state index >= 15 is 0 Å². The molecule has 160 valence electrons. The van der Waals surface area contributed by atoms with Crippen molar-refractivity contribution in [2.75, 3.05) is 13.1 Å². The Morgan fingerprint density at radius 2 is 1.90 bits per heavy atom. The maximum atomic E-state index is 13.3. The van der Waals surface area contributed by atoms with Crippen molar-refractivity contribution in [3.05, 3.63) is 51.1 Å². The fourth-order valence-electron chi connectivity index (χ4n) is 4.50. The van der Waals surface area contributed by atoms with Crippen LogP contribution in [0, 0.1) is 19.8 Å². The van der Waals surface area contributed by atoms with E-state index in [4.69, 9.17) is 0 Å². The molecule has 30 heavy (non-hydrogen) atoms. The third-order valence-corrected chi connectivity index (χ3v) is 6.21. The van der Waals surface area contributed by atoms with Gasteiger partial charge in [-0.15, -0.1) is 5.10 Å². The number of likely N-dealkylation sites (tertiary alicyclic amines) is 1. The van der Waals surface area contributed by atoms with Gasteiger partial charge in [0.1, 0.15) is 6.04 Å². The van der Waals surface area contributed by atoms with E-state index in [9.17, 15) is 4.79 Å². The van der Waals surface area contributed by atoms with Gasteiger partial charge in [-0.1, -0.05) is 6.92 Å². The van der Waals surface area contributed by atoms with Crippen LogP contribution in [0.5, 0.6) is 0 Å². The number of aryl methyl sites for hydroxylation is 2. The lowest BCUT2D eigenvalue weighted by Gasteiger charge is -2.37. The molecule has 2 aromatic heterocycles. The first-order chi connectivity index (χ1) is 14.1. The van der Waals surface area contributed by atoms with Crippen LogP contribution < -0.4 is 5.56 Å². The van der Waals surface area contributed by atoms with Gasteiger partial charge < -0.3 is 4.98 Å². The predicted octanol–water partition coefficient (Wildman–Crippen LogP) is 3.71. The molecule has 0 radical (unpaired) electrons. The van der Waals surface area contributed by atoms with Gasteiger partial charge in [-0.3, -0.25) is 9.69 Å². The van der Waals surface area contributed by atoms with Crippen LogP contribution in [-0.2, 0) is 5.54 Å². The van der Waals surface area contributed by atoms with Crippen LogP contribution in [0.15, 0.2) is 23.0 Å². The zero-order valence-corrected chi connectivity index (χ0v) is 18.9. The van der Waals surface area contributed by atoms with Crippen molar-refractivity contribution in [3.63, 3.8) is 0 Å². The number of benzene rings is 1. The average Bonchev–Trinajstić information content (AvgIpc) is 3.14. The third-order valence-electron chi connectivity index (χ3n) is 6.21. The quantitative estimate of drug-likeness (QED) is 0.715. The molecule has 0 saturated carbocycles. The zero-order chi connectivity index (χ0) is 21.6. The average molecular weight is 409 g/mol. The number of nitrogens with zero attached hydrogens (tertiary/aromatic N) is 5. The first-order valence-corrected chi connectivity index (χ1v) is 10.8. The van der Waals surface area contributed by atoms with Gasteiger partial charge in [0, 0.05) is 17.6 Å². The molecule has 2 atom stereocenters. The molecule has 0 aliphatic carbocycles. The van der Waals surface area contributed by atoms with Gasteiger partial charge in [0.05, 0.1) is 5.54 Å². The van der Waals surface area contributed by atoms with Gasteiger partial charge in [0.2, 0.25) is 0 Å². The number of hydrogen-bond acceptors (Lipinski definition) is 5. The molecule has 1 aliphatic heterocycles. The molecule has 3 heterocycles. The summed E-state index contributed by atoms with van der Waals surface area (Å²) in [5.74, 6) is 1.30. The maximum absolute atomic E-state index is 13.3. The van der Waals surface area contributed by atoms with Crippen molar-refractivity contribution in [1.29, 1.82) is 0 Å². The number of H-pyrrole nitrogens is 1. The summed E-state index contributed by atoms with van der Waals surface area (Å²) in [5, 5.41) is 13.7. The maximum Gasteiger partial charge on any atom is 0.253 e. The SMILES string of the molecule is Cc1cc2cc([C@H](c3nnnn3C(C)(C)C)N3CCC[C@@H](C)C3)c(=O)[nH]c2cc1C. The summed E-state index contributed by atoms with van der Waals surface area (Å²) in [4.78, 5) is 18.8. The monoisotopic (exact) mass is 408 g/mol. The van der Waals surface area contributed by atoms with Crippen molar-refractivity contribution in [2.24, 2.45) is 5.92 Å². The van der Waals surface area contributed by atoms with Crippen molar-refractivity contribution >= 4 is 10.9 Å². The smallest absolute Gasteiger partial charge is 0.253 e. The topological polar surface area (TPSA) is 79.7 Å². The number of rotatable bonds is 3. The van der Waals surface area contributed by atoms with E-state index in [2.05, 4.69) is 73.0 Å². The second-order valence-electron chi connectivity index (χ2n) is 9.84. The minimum Gasteiger partial charge on any atom is -0.322 e. The summed E-state index contributed by atoms with van der Waals surface area (Å²) >= 11 is 0. The highest BCUT2D eigenvalue weighted by molar-refractivity contribution is 5.81. The van der Waals surface area contributed by atoms with E-state index in [0.717, 1.165) is 36.2 Å². The molecule has 7 nitrogen and oxygen atoms in total. The molecule has 3 aromatic rings. The summed E-state index contributed by atoms with van der Waals surface area (Å²) < 4.78 is 1.86. The molecule has 0 spiro atoms. The molecule has 1 N–H and O–H groups in total. The minimum absolute atomic E-state index is 0.0718. The number of fused-ring (bicyclic) bond motifs is 1. The van der Waals surface area contributed by atoms with Crippen LogP contribution in [0.1, 0.15) is 69.1 Å². The third kappa shape index (κ3) is 3.78. The lowest BCUT2D eigenvalue weighted by molar-refractivity contribution is 0.137. The van der Waals surface area contributed by atoms with Crippen LogP contribution in [0.2, 0.25) is 0 Å². The van der Waals surface area contributed by atoms with E-state index in [1.807, 2.05) is 16.8 Å². The Morgan fingerprint density at radius 1 is 1.17 bits per heavy atom. The Kier molecular flexibility index (Phi) is 5.26. The number of aromatic nitrogens is 5. The van der Waals surface area contributed by atoms with E-state index in [1.165, 1.54) is 17.5 Å². The number of pyridine rings is 1. The summed E-state index contributed by atoms with van der Waals surface area (Å²) in [6.45, 7) is 14.5. The van der Waals surface area contributed by atoms with Gasteiger partial charge in [-0.25, -0.2) is 4.68 Å². The molecule has 1 aliphatic rings. The highest BCUT2D eigenvalue weighted by Crippen LogP contribution is 2.32. The van der Waals surface area contributed by atoms with Crippen LogP contribution in [0.4, 0.5) is 0 Å². The Morgan fingerprint density at radius 3 is 2.60 bits per heavy atom. The molecule has 1 aromatic carbocycles. The van der Waals surface area contributed by atoms with Gasteiger partial charge >= 0.3 is 0 Å². The second kappa shape index (κ2) is 7.61. The number of nitrogens with one attached hydrogen (secondary N) is 1. The highest BCUT2D eigenvalue weighted by Gasteiger charge is 2.35.